The second-order valence-electron chi connectivity index (χ2n) is 5.66. The largest absolute Gasteiger partial charge is 0.354 e. The zero-order valence-corrected chi connectivity index (χ0v) is 15.7. The fourth-order valence-corrected chi connectivity index (χ4v) is 2.69. The molecule has 144 valence electrons. The van der Waals surface area contributed by atoms with Gasteiger partial charge >= 0.3 is 0 Å². The van der Waals surface area contributed by atoms with Crippen LogP contribution in [0.3, 0.4) is 0 Å². The number of carbonyl (C=O) groups is 1. The minimum Gasteiger partial charge on any atom is -0.354 e. The molecule has 0 saturated carbocycles. The number of carbonyl (C=O) groups excluding carboxylic acids is 1. The van der Waals surface area contributed by atoms with Crippen molar-refractivity contribution in [3.8, 4) is 0 Å². The summed E-state index contributed by atoms with van der Waals surface area (Å²) in [6.07, 6.45) is -5.40. The van der Waals surface area contributed by atoms with Gasteiger partial charge in [0.2, 0.25) is 5.91 Å². The summed E-state index contributed by atoms with van der Waals surface area (Å²) < 4.78 is 54.3. The highest BCUT2D eigenvalue weighted by molar-refractivity contribution is 9.10. The lowest BCUT2D eigenvalue weighted by Gasteiger charge is -2.09. The molecule has 0 saturated heterocycles. The Kier molecular flexibility index (Phi) is 6.79. The Labute approximate surface area is 155 Å². The Hall–Kier alpha value is -1.91. The minimum atomic E-state index is -2.99. The molecule has 2 rings (SSSR count). The summed E-state index contributed by atoms with van der Waals surface area (Å²) in [7, 11) is 0. The number of hydrogen-bond acceptors (Lipinski definition) is 3. The van der Waals surface area contributed by atoms with Gasteiger partial charge in [0.25, 0.3) is 12.9 Å². The molecule has 0 bridgehead atoms. The zero-order chi connectivity index (χ0) is 19.4. The molecule has 0 radical (unpaired) electrons. The lowest BCUT2D eigenvalue weighted by atomic mass is 10.3. The number of hydrogen-bond donors (Lipinski definition) is 1. The van der Waals surface area contributed by atoms with Crippen molar-refractivity contribution in [2.75, 3.05) is 6.54 Å². The predicted molar refractivity (Wildman–Crippen MR) is 89.2 cm³/mol. The van der Waals surface area contributed by atoms with Gasteiger partial charge in [0.15, 0.2) is 0 Å². The van der Waals surface area contributed by atoms with Crippen molar-refractivity contribution in [1.82, 2.24) is 24.9 Å². The third kappa shape index (κ3) is 4.83. The Morgan fingerprint density at radius 1 is 1.19 bits per heavy atom. The standard InChI is InChI=1S/C15H18BrF4N5O/c1-8-13(16)9(2)24(22-8)5-3-4-21-12(26)7-25-11(15(19)20)6-10(23-25)14(17)18/h6,14-15H,3-5,7H2,1-2H3,(H,21,26). The van der Waals surface area contributed by atoms with Gasteiger partial charge in [-0.05, 0) is 42.3 Å². The van der Waals surface area contributed by atoms with E-state index >= 15 is 0 Å². The third-order valence-electron chi connectivity index (χ3n) is 3.73. The molecular formula is C15H18BrF4N5O. The average Bonchev–Trinajstić information content (AvgIpc) is 3.09. The fourth-order valence-electron chi connectivity index (χ4n) is 2.40. The van der Waals surface area contributed by atoms with E-state index in [9.17, 15) is 22.4 Å². The molecule has 11 heteroatoms. The van der Waals surface area contributed by atoms with Crippen LogP contribution >= 0.6 is 15.9 Å². The number of aryl methyl sites for hydroxylation is 2. The number of halogens is 5. The van der Waals surface area contributed by atoms with E-state index in [1.165, 1.54) is 0 Å². The first-order valence-electron chi connectivity index (χ1n) is 7.80. The molecule has 0 aliphatic carbocycles. The summed E-state index contributed by atoms with van der Waals surface area (Å²) in [4.78, 5) is 11.9. The van der Waals surface area contributed by atoms with Crippen LogP contribution < -0.4 is 5.32 Å². The highest BCUT2D eigenvalue weighted by Crippen LogP contribution is 2.25. The summed E-state index contributed by atoms with van der Waals surface area (Å²) in [6, 6.07) is 0.614. The molecule has 6 nitrogen and oxygen atoms in total. The molecule has 0 aromatic carbocycles. The molecule has 0 aliphatic rings. The van der Waals surface area contributed by atoms with E-state index in [1.54, 1.807) is 4.68 Å². The summed E-state index contributed by atoms with van der Waals surface area (Å²) in [5, 5.41) is 10.3. The fraction of sp³-hybridized carbons (Fsp3) is 0.533. The van der Waals surface area contributed by atoms with Crippen LogP contribution in [-0.4, -0.2) is 32.0 Å². The van der Waals surface area contributed by atoms with Gasteiger partial charge in [0.1, 0.15) is 17.9 Å². The van der Waals surface area contributed by atoms with Gasteiger partial charge in [0.05, 0.1) is 10.2 Å². The molecule has 0 unspecified atom stereocenters. The normalized spacial score (nSPS) is 11.6. The average molecular weight is 440 g/mol. The monoisotopic (exact) mass is 439 g/mol. The molecule has 0 spiro atoms. The Bertz CT molecular complexity index is 774. The van der Waals surface area contributed by atoms with Gasteiger partial charge in [-0.25, -0.2) is 17.6 Å². The van der Waals surface area contributed by atoms with E-state index < -0.39 is 36.7 Å². The van der Waals surface area contributed by atoms with Gasteiger partial charge < -0.3 is 5.32 Å². The SMILES string of the molecule is Cc1nn(CCCNC(=O)Cn2nc(C(F)F)cc2C(F)F)c(C)c1Br. The van der Waals surface area contributed by atoms with Crippen LogP contribution in [0, 0.1) is 13.8 Å². The van der Waals surface area contributed by atoms with Crippen LogP contribution in [0.5, 0.6) is 0 Å². The van der Waals surface area contributed by atoms with Crippen molar-refractivity contribution in [3.05, 3.63) is 33.3 Å². The van der Waals surface area contributed by atoms with Crippen LogP contribution in [0.1, 0.15) is 42.0 Å². The van der Waals surface area contributed by atoms with Gasteiger partial charge in [-0.15, -0.1) is 0 Å². The quantitative estimate of drug-likeness (QED) is 0.505. The predicted octanol–water partition coefficient (Wildman–Crippen LogP) is 3.54. The number of alkyl halides is 4. The van der Waals surface area contributed by atoms with Crippen LogP contribution in [0.25, 0.3) is 0 Å². The van der Waals surface area contributed by atoms with Crippen LogP contribution in [0.15, 0.2) is 10.5 Å². The van der Waals surface area contributed by atoms with Gasteiger partial charge in [-0.3, -0.25) is 14.2 Å². The first-order chi connectivity index (χ1) is 12.2. The van der Waals surface area contributed by atoms with Crippen molar-refractivity contribution < 1.29 is 22.4 Å². The maximum absolute atomic E-state index is 12.9. The smallest absolute Gasteiger partial charge is 0.282 e. The Balaban J connectivity index is 1.86. The molecule has 1 amide bonds. The van der Waals surface area contributed by atoms with Crippen molar-refractivity contribution >= 4 is 21.8 Å². The van der Waals surface area contributed by atoms with Gasteiger partial charge in [-0.2, -0.15) is 10.2 Å². The van der Waals surface area contributed by atoms with Gasteiger partial charge in [-0.1, -0.05) is 0 Å². The van der Waals surface area contributed by atoms with Crippen LogP contribution in [0.2, 0.25) is 0 Å². The molecule has 2 aromatic heterocycles. The maximum Gasteiger partial charge on any atom is 0.282 e. The second-order valence-corrected chi connectivity index (χ2v) is 6.46. The Morgan fingerprint density at radius 2 is 1.88 bits per heavy atom. The number of aromatic nitrogens is 4. The molecule has 0 atom stereocenters. The topological polar surface area (TPSA) is 64.7 Å². The van der Waals surface area contributed by atoms with E-state index in [0.29, 0.717) is 30.3 Å². The number of amides is 1. The molecule has 26 heavy (non-hydrogen) atoms. The summed E-state index contributed by atoms with van der Waals surface area (Å²) in [5.74, 6) is -0.578. The van der Waals surface area contributed by atoms with Crippen LogP contribution in [0.4, 0.5) is 17.6 Å². The van der Waals surface area contributed by atoms with Crippen molar-refractivity contribution in [1.29, 1.82) is 0 Å². The number of nitrogens with zero attached hydrogens (tertiary/aromatic N) is 4. The molecule has 2 aromatic rings. The summed E-state index contributed by atoms with van der Waals surface area (Å²) in [6.45, 7) is 4.10. The van der Waals surface area contributed by atoms with E-state index in [4.69, 9.17) is 0 Å². The van der Waals surface area contributed by atoms with Crippen LogP contribution in [-0.2, 0) is 17.9 Å². The minimum absolute atomic E-state index is 0.293. The van der Waals surface area contributed by atoms with Crippen molar-refractivity contribution in [3.63, 3.8) is 0 Å². The first-order valence-corrected chi connectivity index (χ1v) is 8.60. The molecule has 1 N–H and O–H groups in total. The lowest BCUT2D eigenvalue weighted by molar-refractivity contribution is -0.121. The number of nitrogens with one attached hydrogen (secondary N) is 1. The zero-order valence-electron chi connectivity index (χ0n) is 14.1. The molecule has 0 fully saturated rings. The summed E-state index contributed by atoms with van der Waals surface area (Å²) >= 11 is 3.42. The highest BCUT2D eigenvalue weighted by atomic mass is 79.9. The molecule has 2 heterocycles. The molecule has 0 aliphatic heterocycles. The lowest BCUT2D eigenvalue weighted by Crippen LogP contribution is -2.30. The van der Waals surface area contributed by atoms with E-state index in [1.807, 2.05) is 13.8 Å². The Morgan fingerprint density at radius 3 is 2.42 bits per heavy atom. The van der Waals surface area contributed by atoms with E-state index in [2.05, 4.69) is 31.4 Å². The molecular weight excluding hydrogens is 422 g/mol. The summed E-state index contributed by atoms with van der Waals surface area (Å²) in [5.41, 5.74) is 0.345. The van der Waals surface area contributed by atoms with E-state index in [-0.39, 0.29) is 0 Å². The maximum atomic E-state index is 12.9. The van der Waals surface area contributed by atoms with Crippen molar-refractivity contribution in [2.24, 2.45) is 0 Å². The third-order valence-corrected chi connectivity index (χ3v) is 4.88. The van der Waals surface area contributed by atoms with Crippen molar-refractivity contribution in [2.45, 2.75) is 46.2 Å². The highest BCUT2D eigenvalue weighted by Gasteiger charge is 2.22. The first kappa shape index (κ1) is 20.4. The van der Waals surface area contributed by atoms with E-state index in [0.717, 1.165) is 15.9 Å². The van der Waals surface area contributed by atoms with Gasteiger partial charge in [0, 0.05) is 18.8 Å². The number of rotatable bonds is 8. The second kappa shape index (κ2) is 8.65.